The summed E-state index contributed by atoms with van der Waals surface area (Å²) in [6.07, 6.45) is 4.68. The number of hydrogen-bond acceptors (Lipinski definition) is 6. The summed E-state index contributed by atoms with van der Waals surface area (Å²) in [5.74, 6) is -0.468. The summed E-state index contributed by atoms with van der Waals surface area (Å²) < 4.78 is 1.29. The number of pyridine rings is 1. The van der Waals surface area contributed by atoms with Crippen LogP contribution in [0.1, 0.15) is 10.5 Å². The Morgan fingerprint density at radius 2 is 2.27 bits per heavy atom. The summed E-state index contributed by atoms with van der Waals surface area (Å²) in [6.45, 7) is 0. The third-order valence-electron chi connectivity index (χ3n) is 2.89. The van der Waals surface area contributed by atoms with Crippen LogP contribution in [-0.2, 0) is 7.05 Å². The number of hydrogen-bond donors (Lipinski definition) is 1. The largest absolute Gasteiger partial charge is 0.302 e. The second kappa shape index (κ2) is 5.86. The lowest BCUT2D eigenvalue weighted by Crippen LogP contribution is -2.22. The third kappa shape index (κ3) is 2.91. The number of nitrogens with one attached hydrogen (secondary N) is 1. The molecule has 0 unspecified atom stereocenters. The molecule has 0 fully saturated rings. The van der Waals surface area contributed by atoms with Gasteiger partial charge < -0.3 is 4.57 Å². The van der Waals surface area contributed by atoms with E-state index in [0.29, 0.717) is 5.13 Å². The monoisotopic (exact) mass is 313 g/mol. The molecule has 3 rings (SSSR count). The number of anilines is 1. The van der Waals surface area contributed by atoms with Gasteiger partial charge in [-0.1, -0.05) is 0 Å². The maximum atomic E-state index is 12.1. The number of nitrogens with zero attached hydrogens (tertiary/aromatic N) is 4. The molecule has 3 aromatic heterocycles. The number of thiazole rings is 1. The molecule has 110 valence electrons. The number of carbonyl (C=O) groups is 1. The lowest BCUT2D eigenvalue weighted by Gasteiger charge is -2.01. The van der Waals surface area contributed by atoms with Gasteiger partial charge in [-0.05, 0) is 12.1 Å². The van der Waals surface area contributed by atoms with E-state index in [1.54, 1.807) is 19.4 Å². The van der Waals surface area contributed by atoms with E-state index in [2.05, 4.69) is 20.3 Å². The van der Waals surface area contributed by atoms with Gasteiger partial charge in [0.1, 0.15) is 5.69 Å². The molecular weight excluding hydrogens is 302 g/mol. The number of amides is 1. The summed E-state index contributed by atoms with van der Waals surface area (Å²) >= 11 is 1.29. The maximum absolute atomic E-state index is 12.1. The van der Waals surface area contributed by atoms with Crippen LogP contribution in [0.2, 0.25) is 0 Å². The molecule has 3 heterocycles. The first-order valence-electron chi connectivity index (χ1n) is 6.33. The molecule has 0 bridgehead atoms. The Balaban J connectivity index is 1.79. The van der Waals surface area contributed by atoms with E-state index >= 15 is 0 Å². The van der Waals surface area contributed by atoms with Crippen LogP contribution in [0.5, 0.6) is 0 Å². The highest BCUT2D eigenvalue weighted by molar-refractivity contribution is 7.14. The molecule has 0 radical (unpaired) electrons. The van der Waals surface area contributed by atoms with Crippen LogP contribution < -0.4 is 10.9 Å². The first-order valence-corrected chi connectivity index (χ1v) is 7.21. The van der Waals surface area contributed by atoms with Crippen molar-refractivity contribution >= 4 is 22.4 Å². The highest BCUT2D eigenvalue weighted by Crippen LogP contribution is 2.24. The molecule has 1 amide bonds. The molecule has 1 N–H and O–H groups in total. The number of rotatable bonds is 3. The average molecular weight is 313 g/mol. The minimum Gasteiger partial charge on any atom is -0.302 e. The molecule has 8 heteroatoms. The van der Waals surface area contributed by atoms with Gasteiger partial charge in [0.25, 0.3) is 11.5 Å². The molecule has 0 aliphatic rings. The van der Waals surface area contributed by atoms with Crippen LogP contribution in [0.3, 0.4) is 0 Å². The summed E-state index contributed by atoms with van der Waals surface area (Å²) in [4.78, 5) is 35.8. The van der Waals surface area contributed by atoms with Gasteiger partial charge in [0.2, 0.25) is 0 Å². The molecule has 3 aromatic rings. The Labute approximate surface area is 129 Å². The van der Waals surface area contributed by atoms with Crippen LogP contribution in [-0.4, -0.2) is 25.4 Å². The second-order valence-electron chi connectivity index (χ2n) is 4.46. The molecular formula is C14H11N5O2S. The van der Waals surface area contributed by atoms with Crippen molar-refractivity contribution in [1.82, 2.24) is 19.5 Å². The zero-order valence-electron chi connectivity index (χ0n) is 11.6. The van der Waals surface area contributed by atoms with Crippen LogP contribution in [0.15, 0.2) is 47.1 Å². The summed E-state index contributed by atoms with van der Waals surface area (Å²) in [5, 5.41) is 4.89. The highest BCUT2D eigenvalue weighted by atomic mass is 32.1. The first kappa shape index (κ1) is 14.1. The smallest absolute Gasteiger partial charge is 0.276 e. The third-order valence-corrected chi connectivity index (χ3v) is 3.65. The first-order chi connectivity index (χ1) is 10.6. The number of aromatic nitrogens is 4. The molecule has 0 atom stereocenters. The minimum atomic E-state index is -0.468. The fourth-order valence-corrected chi connectivity index (χ4v) is 2.44. The van der Waals surface area contributed by atoms with Crippen molar-refractivity contribution in [3.05, 3.63) is 58.3 Å². The standard InChI is InChI=1S/C14H11N5O2S/c1-19-8-16-10(5-12(19)20)13(21)18-14-17-11(7-22-14)9-3-2-4-15-6-9/h2-8H,1H3,(H,17,18,21). The zero-order valence-corrected chi connectivity index (χ0v) is 12.4. The van der Waals surface area contributed by atoms with Gasteiger partial charge in [-0.2, -0.15) is 0 Å². The quantitative estimate of drug-likeness (QED) is 0.792. The van der Waals surface area contributed by atoms with E-state index in [1.807, 2.05) is 17.5 Å². The lowest BCUT2D eigenvalue weighted by molar-refractivity contribution is 0.102. The van der Waals surface area contributed by atoms with Gasteiger partial charge in [0.15, 0.2) is 5.13 Å². The second-order valence-corrected chi connectivity index (χ2v) is 5.32. The Bertz CT molecular complexity index is 872. The predicted molar refractivity (Wildman–Crippen MR) is 82.8 cm³/mol. The van der Waals surface area contributed by atoms with Crippen molar-refractivity contribution in [3.8, 4) is 11.3 Å². The Hall–Kier alpha value is -2.87. The Kier molecular flexibility index (Phi) is 3.75. The molecule has 0 saturated heterocycles. The normalized spacial score (nSPS) is 10.4. The topological polar surface area (TPSA) is 89.8 Å². The molecule has 0 aliphatic heterocycles. The van der Waals surface area contributed by atoms with Crippen LogP contribution in [0, 0.1) is 0 Å². The van der Waals surface area contributed by atoms with Crippen molar-refractivity contribution in [1.29, 1.82) is 0 Å². The summed E-state index contributed by atoms with van der Waals surface area (Å²) in [5.41, 5.74) is 1.35. The fourth-order valence-electron chi connectivity index (χ4n) is 1.73. The molecule has 0 saturated carbocycles. The SMILES string of the molecule is Cn1cnc(C(=O)Nc2nc(-c3cccnc3)cs2)cc1=O. The van der Waals surface area contributed by atoms with Crippen molar-refractivity contribution in [2.45, 2.75) is 0 Å². The van der Waals surface area contributed by atoms with Gasteiger partial charge >= 0.3 is 0 Å². The highest BCUT2D eigenvalue weighted by Gasteiger charge is 2.12. The van der Waals surface area contributed by atoms with Crippen molar-refractivity contribution in [3.63, 3.8) is 0 Å². The van der Waals surface area contributed by atoms with Gasteiger partial charge in [-0.3, -0.25) is 19.9 Å². The van der Waals surface area contributed by atoms with E-state index in [9.17, 15) is 9.59 Å². The maximum Gasteiger partial charge on any atom is 0.276 e. The van der Waals surface area contributed by atoms with E-state index in [4.69, 9.17) is 0 Å². The fraction of sp³-hybridized carbons (Fsp3) is 0.0714. The lowest BCUT2D eigenvalue weighted by atomic mass is 10.2. The van der Waals surface area contributed by atoms with Crippen LogP contribution in [0.4, 0.5) is 5.13 Å². The van der Waals surface area contributed by atoms with Gasteiger partial charge in [0.05, 0.1) is 12.0 Å². The molecule has 22 heavy (non-hydrogen) atoms. The summed E-state index contributed by atoms with van der Waals surface area (Å²) in [6, 6.07) is 4.89. The van der Waals surface area contributed by atoms with E-state index in [0.717, 1.165) is 11.3 Å². The van der Waals surface area contributed by atoms with Gasteiger partial charge in [-0.25, -0.2) is 9.97 Å². The average Bonchev–Trinajstić information content (AvgIpc) is 2.99. The van der Waals surface area contributed by atoms with Crippen molar-refractivity contribution in [2.24, 2.45) is 7.05 Å². The predicted octanol–water partition coefficient (Wildman–Crippen LogP) is 1.55. The van der Waals surface area contributed by atoms with E-state index in [1.165, 1.54) is 28.3 Å². The minimum absolute atomic E-state index is 0.0567. The number of carbonyl (C=O) groups excluding carboxylic acids is 1. The molecule has 0 aliphatic carbocycles. The Morgan fingerprint density at radius 3 is 3.00 bits per heavy atom. The van der Waals surface area contributed by atoms with Crippen LogP contribution in [0.25, 0.3) is 11.3 Å². The molecule has 7 nitrogen and oxygen atoms in total. The van der Waals surface area contributed by atoms with Crippen molar-refractivity contribution in [2.75, 3.05) is 5.32 Å². The van der Waals surface area contributed by atoms with Crippen molar-refractivity contribution < 1.29 is 4.79 Å². The Morgan fingerprint density at radius 1 is 1.41 bits per heavy atom. The van der Waals surface area contributed by atoms with Crippen LogP contribution >= 0.6 is 11.3 Å². The van der Waals surface area contributed by atoms with Gasteiger partial charge in [0, 0.05) is 36.5 Å². The van der Waals surface area contributed by atoms with E-state index in [-0.39, 0.29) is 11.3 Å². The number of aryl methyl sites for hydroxylation is 1. The molecule has 0 spiro atoms. The molecule has 0 aromatic carbocycles. The van der Waals surface area contributed by atoms with Gasteiger partial charge in [-0.15, -0.1) is 11.3 Å². The zero-order chi connectivity index (χ0) is 15.5. The summed E-state index contributed by atoms with van der Waals surface area (Å²) in [7, 11) is 1.57. The van der Waals surface area contributed by atoms with E-state index < -0.39 is 5.91 Å².